The summed E-state index contributed by atoms with van der Waals surface area (Å²) in [5.74, 6) is 1.30. The Bertz CT molecular complexity index is 173. The highest BCUT2D eigenvalue weighted by atomic mass is 16.5. The molecule has 0 aliphatic carbocycles. The van der Waals surface area contributed by atoms with E-state index in [-0.39, 0.29) is 0 Å². The Hall–Kier alpha value is -1.06. The number of hydrogen-bond donors (Lipinski definition) is 0. The van der Waals surface area contributed by atoms with Gasteiger partial charge in [-0.2, -0.15) is 0 Å². The molecule has 0 bridgehead atoms. The van der Waals surface area contributed by atoms with Crippen molar-refractivity contribution in [3.8, 4) is 0 Å². The first kappa shape index (κ1) is 9.94. The molecule has 4 nitrogen and oxygen atoms in total. The van der Waals surface area contributed by atoms with E-state index in [1.165, 1.54) is 0 Å². The summed E-state index contributed by atoms with van der Waals surface area (Å²) in [4.78, 5) is 9.79. The van der Waals surface area contributed by atoms with Crippen molar-refractivity contribution in [1.29, 1.82) is 0 Å². The maximum absolute atomic E-state index is 4.99. The first-order valence-corrected chi connectivity index (χ1v) is 3.32. The zero-order valence-electron chi connectivity index (χ0n) is 7.75. The van der Waals surface area contributed by atoms with Crippen LogP contribution in [0.25, 0.3) is 0 Å². The first-order chi connectivity index (χ1) is 5.17. The van der Waals surface area contributed by atoms with Crippen LogP contribution in [0.2, 0.25) is 0 Å². The van der Waals surface area contributed by atoms with Gasteiger partial charge in [0.1, 0.15) is 0 Å². The van der Waals surface area contributed by atoms with Crippen LogP contribution in [0.5, 0.6) is 0 Å². The Morgan fingerprint density at radius 3 is 1.82 bits per heavy atom. The number of nitrogens with zero attached hydrogens (tertiary/aromatic N) is 3. The summed E-state index contributed by atoms with van der Waals surface area (Å²) in [5, 5.41) is 0. The minimum atomic E-state index is 0.553. The minimum absolute atomic E-state index is 0.553. The number of likely N-dealkylation sites (N-methyl/N-ethyl adjacent to an activating group) is 1. The van der Waals surface area contributed by atoms with E-state index in [0.29, 0.717) is 5.90 Å². The fourth-order valence-corrected chi connectivity index (χ4v) is 0.770. The predicted octanol–water partition coefficient (Wildman–Crippen LogP) is 0.251. The summed E-state index contributed by atoms with van der Waals surface area (Å²) in [6.45, 7) is 0. The quantitative estimate of drug-likeness (QED) is 0.373. The summed E-state index contributed by atoms with van der Waals surface area (Å²) in [5.41, 5.74) is 0. The predicted molar refractivity (Wildman–Crippen MR) is 47.4 cm³/mol. The van der Waals surface area contributed by atoms with Crippen molar-refractivity contribution in [1.82, 2.24) is 4.90 Å². The van der Waals surface area contributed by atoms with E-state index in [0.717, 1.165) is 5.84 Å². The topological polar surface area (TPSA) is 37.2 Å². The van der Waals surface area contributed by atoms with Gasteiger partial charge in [0.25, 0.3) is 5.90 Å². The van der Waals surface area contributed by atoms with Crippen LogP contribution in [0.3, 0.4) is 0 Å². The minimum Gasteiger partial charge on any atom is -0.479 e. The molecule has 64 valence electrons. The third-order valence-electron chi connectivity index (χ3n) is 1.22. The van der Waals surface area contributed by atoms with Gasteiger partial charge in [-0.15, -0.1) is 0 Å². The molecule has 0 aromatic rings. The van der Waals surface area contributed by atoms with Crippen molar-refractivity contribution >= 4 is 11.7 Å². The molecule has 0 amide bonds. The third kappa shape index (κ3) is 2.57. The number of methoxy groups -OCH3 is 1. The molecule has 11 heavy (non-hydrogen) atoms. The Labute approximate surface area is 67.6 Å². The number of aliphatic imine (C=N–C) groups is 2. The van der Waals surface area contributed by atoms with Gasteiger partial charge in [0.05, 0.1) is 7.11 Å². The average Bonchev–Trinajstić information content (AvgIpc) is 1.99. The Morgan fingerprint density at radius 1 is 1.18 bits per heavy atom. The molecular weight excluding hydrogens is 142 g/mol. The second kappa shape index (κ2) is 4.71. The van der Waals surface area contributed by atoms with Crippen LogP contribution in [-0.2, 0) is 4.74 Å². The second-order valence-electron chi connectivity index (χ2n) is 2.17. The highest BCUT2D eigenvalue weighted by molar-refractivity contribution is 6.37. The first-order valence-electron chi connectivity index (χ1n) is 3.32. The van der Waals surface area contributed by atoms with Crippen LogP contribution >= 0.6 is 0 Å². The molecule has 0 aromatic heterocycles. The molecule has 0 aromatic carbocycles. The molecule has 0 saturated heterocycles. The Kier molecular flexibility index (Phi) is 4.26. The Morgan fingerprint density at radius 2 is 1.73 bits per heavy atom. The number of hydrogen-bond acceptors (Lipinski definition) is 3. The Balaban J connectivity index is 4.51. The lowest BCUT2D eigenvalue weighted by Crippen LogP contribution is -2.31. The molecule has 0 N–H and O–H groups in total. The number of ether oxygens (including phenoxy) is 1. The van der Waals surface area contributed by atoms with Gasteiger partial charge >= 0.3 is 0 Å². The third-order valence-corrected chi connectivity index (χ3v) is 1.22. The van der Waals surface area contributed by atoms with Crippen molar-refractivity contribution in [3.05, 3.63) is 0 Å². The average molecular weight is 157 g/mol. The van der Waals surface area contributed by atoms with Crippen LogP contribution in [-0.4, -0.2) is 51.9 Å². The van der Waals surface area contributed by atoms with Crippen LogP contribution in [0.4, 0.5) is 0 Å². The number of amidine groups is 1. The van der Waals surface area contributed by atoms with E-state index in [1.807, 2.05) is 19.0 Å². The summed E-state index contributed by atoms with van der Waals surface area (Å²) < 4.78 is 4.99. The van der Waals surface area contributed by atoms with Gasteiger partial charge in [-0.05, 0) is 0 Å². The van der Waals surface area contributed by atoms with Gasteiger partial charge in [-0.25, -0.2) is 0 Å². The molecule has 0 radical (unpaired) electrons. The van der Waals surface area contributed by atoms with E-state index < -0.39 is 0 Å². The van der Waals surface area contributed by atoms with E-state index in [9.17, 15) is 0 Å². The van der Waals surface area contributed by atoms with Crippen molar-refractivity contribution in [2.75, 3.05) is 35.3 Å². The summed E-state index contributed by atoms with van der Waals surface area (Å²) >= 11 is 0. The second-order valence-corrected chi connectivity index (χ2v) is 2.17. The van der Waals surface area contributed by atoms with Gasteiger partial charge in [0, 0.05) is 28.2 Å². The molecule has 0 saturated carbocycles. The van der Waals surface area contributed by atoms with E-state index in [2.05, 4.69) is 9.98 Å². The van der Waals surface area contributed by atoms with Crippen LogP contribution in [0.1, 0.15) is 0 Å². The molecule has 0 rings (SSSR count). The highest BCUT2D eigenvalue weighted by Crippen LogP contribution is 1.89. The molecule has 0 aliphatic rings. The normalized spacial score (nSPS) is 13.2. The molecule has 0 spiro atoms. The fourth-order valence-electron chi connectivity index (χ4n) is 0.770. The monoisotopic (exact) mass is 157 g/mol. The van der Waals surface area contributed by atoms with Gasteiger partial charge in [-0.1, -0.05) is 0 Å². The van der Waals surface area contributed by atoms with E-state index in [4.69, 9.17) is 4.74 Å². The molecule has 0 heterocycles. The van der Waals surface area contributed by atoms with Crippen molar-refractivity contribution in [3.63, 3.8) is 0 Å². The molecule has 0 unspecified atom stereocenters. The van der Waals surface area contributed by atoms with Crippen molar-refractivity contribution in [2.24, 2.45) is 9.98 Å². The SMILES string of the molecule is CN=C(OC)C(=NC)N(C)C. The van der Waals surface area contributed by atoms with E-state index >= 15 is 0 Å². The van der Waals surface area contributed by atoms with Gasteiger partial charge in [0.2, 0.25) is 0 Å². The van der Waals surface area contributed by atoms with E-state index in [1.54, 1.807) is 21.2 Å². The van der Waals surface area contributed by atoms with Gasteiger partial charge < -0.3 is 9.64 Å². The van der Waals surface area contributed by atoms with Crippen LogP contribution in [0, 0.1) is 0 Å². The standard InChI is InChI=1S/C7H15N3O/c1-8-6(10(3)4)7(9-2)11-5/h1-5H3. The maximum Gasteiger partial charge on any atom is 0.251 e. The summed E-state index contributed by atoms with van der Waals surface area (Å²) in [7, 11) is 8.75. The highest BCUT2D eigenvalue weighted by Gasteiger charge is 2.08. The molecular formula is C7H15N3O. The lowest BCUT2D eigenvalue weighted by atomic mass is 10.5. The smallest absolute Gasteiger partial charge is 0.251 e. The van der Waals surface area contributed by atoms with Crippen LogP contribution in [0.15, 0.2) is 9.98 Å². The summed E-state index contributed by atoms with van der Waals surface area (Å²) in [6, 6.07) is 0. The largest absolute Gasteiger partial charge is 0.479 e. The maximum atomic E-state index is 4.99. The van der Waals surface area contributed by atoms with Crippen LogP contribution < -0.4 is 0 Å². The zero-order chi connectivity index (χ0) is 8.85. The number of rotatable bonds is 0. The molecule has 0 aliphatic heterocycles. The zero-order valence-corrected chi connectivity index (χ0v) is 7.75. The van der Waals surface area contributed by atoms with Crippen molar-refractivity contribution in [2.45, 2.75) is 0 Å². The lowest BCUT2D eigenvalue weighted by Gasteiger charge is -2.14. The lowest BCUT2D eigenvalue weighted by molar-refractivity contribution is 0.404. The van der Waals surface area contributed by atoms with Gasteiger partial charge in [0.15, 0.2) is 5.84 Å². The van der Waals surface area contributed by atoms with Gasteiger partial charge in [-0.3, -0.25) is 9.98 Å². The molecule has 4 heteroatoms. The summed E-state index contributed by atoms with van der Waals surface area (Å²) in [6.07, 6.45) is 0. The molecule has 0 fully saturated rings. The molecule has 0 atom stereocenters. The van der Waals surface area contributed by atoms with Crippen molar-refractivity contribution < 1.29 is 4.74 Å². The fraction of sp³-hybridized carbons (Fsp3) is 0.714.